The molecule has 0 aliphatic rings. The smallest absolute Gasteiger partial charge is 0.306 e. The maximum absolute atomic E-state index is 12.9. The highest BCUT2D eigenvalue weighted by Gasteiger charge is 2.19. The third-order valence-electron chi connectivity index (χ3n) is 12.0. The molecule has 6 heteroatoms. The van der Waals surface area contributed by atoms with Crippen LogP contribution in [-0.2, 0) is 28.6 Å². The van der Waals surface area contributed by atoms with Crippen LogP contribution in [0.1, 0.15) is 252 Å². The molecule has 0 aliphatic heterocycles. The minimum Gasteiger partial charge on any atom is -0.462 e. The molecule has 0 rings (SSSR count). The quantitative estimate of drug-likeness (QED) is 0.0262. The van der Waals surface area contributed by atoms with Crippen LogP contribution < -0.4 is 0 Å². The second-order valence-electron chi connectivity index (χ2n) is 18.7. The summed E-state index contributed by atoms with van der Waals surface area (Å²) < 4.78 is 16.8. The first kappa shape index (κ1) is 65.1. The van der Waals surface area contributed by atoms with Crippen LogP contribution in [0.4, 0.5) is 0 Å². The molecule has 392 valence electrons. The number of carbonyl (C=O) groups excluding carboxylic acids is 3. The number of unbranched alkanes of at least 4 members (excludes halogenated alkanes) is 28. The molecule has 69 heavy (non-hydrogen) atoms. The lowest BCUT2D eigenvalue weighted by Gasteiger charge is -2.18. The molecule has 0 N–H and O–H groups in total. The second-order valence-corrected chi connectivity index (χ2v) is 18.7. The van der Waals surface area contributed by atoms with Crippen LogP contribution in [0.3, 0.4) is 0 Å². The first-order valence-corrected chi connectivity index (χ1v) is 28.5. The van der Waals surface area contributed by atoms with Crippen molar-refractivity contribution in [3.63, 3.8) is 0 Å². The Kier molecular flexibility index (Phi) is 53.4. The van der Waals surface area contributed by atoms with Gasteiger partial charge in [-0.15, -0.1) is 0 Å². The van der Waals surface area contributed by atoms with Crippen LogP contribution in [0.15, 0.2) is 109 Å². The van der Waals surface area contributed by atoms with Gasteiger partial charge in [0, 0.05) is 19.3 Å². The van der Waals surface area contributed by atoms with Gasteiger partial charge in [-0.1, -0.05) is 278 Å². The van der Waals surface area contributed by atoms with Crippen molar-refractivity contribution in [2.45, 2.75) is 258 Å². The summed E-state index contributed by atoms with van der Waals surface area (Å²) in [5.74, 6) is -0.952. The van der Waals surface area contributed by atoms with Gasteiger partial charge in [-0.25, -0.2) is 0 Å². The molecule has 0 aromatic heterocycles. The number of hydrogen-bond acceptors (Lipinski definition) is 6. The van der Waals surface area contributed by atoms with E-state index in [1.165, 1.54) is 135 Å². The van der Waals surface area contributed by atoms with Crippen LogP contribution >= 0.6 is 0 Å². The molecule has 0 amide bonds. The minimum atomic E-state index is -0.803. The average molecular weight is 958 g/mol. The molecule has 1 atom stereocenters. The monoisotopic (exact) mass is 957 g/mol. The van der Waals surface area contributed by atoms with Gasteiger partial charge in [-0.2, -0.15) is 0 Å². The van der Waals surface area contributed by atoms with Gasteiger partial charge in [0.05, 0.1) is 0 Å². The molecule has 0 saturated carbocycles. The molecule has 1 unspecified atom stereocenters. The third-order valence-corrected chi connectivity index (χ3v) is 12.0. The maximum Gasteiger partial charge on any atom is 0.306 e. The Hall–Kier alpha value is -3.93. The summed E-state index contributed by atoms with van der Waals surface area (Å²) in [5.41, 5.74) is 0. The van der Waals surface area contributed by atoms with E-state index in [1.807, 2.05) is 72.9 Å². The molecular formula is C63H104O6. The highest BCUT2D eigenvalue weighted by molar-refractivity contribution is 5.71. The van der Waals surface area contributed by atoms with Crippen molar-refractivity contribution in [3.05, 3.63) is 109 Å². The Morgan fingerprint density at radius 3 is 0.942 bits per heavy atom. The van der Waals surface area contributed by atoms with Crippen molar-refractivity contribution in [3.8, 4) is 0 Å². The highest BCUT2D eigenvalue weighted by atomic mass is 16.6. The van der Waals surface area contributed by atoms with Crippen LogP contribution in [0.5, 0.6) is 0 Å². The Bertz CT molecular complexity index is 1420. The molecular weight excluding hydrogens is 853 g/mol. The lowest BCUT2D eigenvalue weighted by Crippen LogP contribution is -2.30. The molecule has 0 bridgehead atoms. The third kappa shape index (κ3) is 54.9. The van der Waals surface area contributed by atoms with Crippen LogP contribution in [-0.4, -0.2) is 37.2 Å². The Labute approximate surface area is 425 Å². The lowest BCUT2D eigenvalue weighted by molar-refractivity contribution is -0.167. The Morgan fingerprint density at radius 2 is 0.565 bits per heavy atom. The number of rotatable bonds is 50. The summed E-state index contributed by atoms with van der Waals surface area (Å²) in [7, 11) is 0. The summed E-state index contributed by atoms with van der Waals surface area (Å²) in [4.78, 5) is 38.2. The lowest BCUT2D eigenvalue weighted by atomic mass is 10.0. The fourth-order valence-electron chi connectivity index (χ4n) is 7.71. The zero-order valence-electron chi connectivity index (χ0n) is 44.8. The van der Waals surface area contributed by atoms with Crippen molar-refractivity contribution in [1.29, 1.82) is 0 Å². The fraction of sp³-hybridized carbons (Fsp3) is 0.667. The molecule has 0 aromatic carbocycles. The van der Waals surface area contributed by atoms with Gasteiger partial charge in [-0.05, 0) is 64.2 Å². The van der Waals surface area contributed by atoms with E-state index in [0.29, 0.717) is 19.3 Å². The van der Waals surface area contributed by atoms with E-state index in [-0.39, 0.29) is 31.1 Å². The van der Waals surface area contributed by atoms with Gasteiger partial charge in [0.1, 0.15) is 13.2 Å². The van der Waals surface area contributed by atoms with Crippen molar-refractivity contribution in [2.24, 2.45) is 0 Å². The first-order chi connectivity index (χ1) is 34.0. The van der Waals surface area contributed by atoms with Crippen molar-refractivity contribution in [2.75, 3.05) is 13.2 Å². The van der Waals surface area contributed by atoms with Crippen molar-refractivity contribution >= 4 is 17.9 Å². The minimum absolute atomic E-state index is 0.0990. The van der Waals surface area contributed by atoms with Crippen LogP contribution in [0.2, 0.25) is 0 Å². The predicted molar refractivity (Wildman–Crippen MR) is 297 cm³/mol. The normalized spacial score (nSPS) is 12.9. The van der Waals surface area contributed by atoms with Gasteiger partial charge in [0.15, 0.2) is 6.10 Å². The summed E-state index contributed by atoms with van der Waals surface area (Å²) in [5, 5.41) is 0. The van der Waals surface area contributed by atoms with Gasteiger partial charge in [0.25, 0.3) is 0 Å². The molecule has 0 heterocycles. The van der Waals surface area contributed by atoms with E-state index in [2.05, 4.69) is 57.2 Å². The number of ether oxygens (including phenoxy) is 3. The standard InChI is InChI=1S/C63H104O6/c1-4-7-10-13-16-19-22-25-28-30-31-33-35-38-41-44-47-50-53-56-62(65)68-59-60(58-67-61(64)55-52-49-46-43-40-37-34-27-24-21-18-15-12-9-6-3)69-63(66)57-54-51-48-45-42-39-36-32-29-26-23-20-17-14-11-8-5-2/h7,10,13,16,18-19,21-22,24-25,27-28,30-31,33,35,38,41,60H,4-6,8-9,11-12,14-15,17,20,23,26,29,32,34,36-37,39-40,42-59H2,1-3H3/b10-7-,16-13-,21-18-,22-19-,27-24-,28-25-,31-30+,35-33-,41-38-. The SMILES string of the molecule is CC\C=C/C=C\C=C/C=C\C=C\C=C/C=C\CCCCCC(=O)OCC(COC(=O)CCCCCCCC/C=C\C=C/CCCCC)OC(=O)CCCCCCCCCCCCCCCCCCC. The summed E-state index contributed by atoms with van der Waals surface area (Å²) in [6, 6.07) is 0. The molecule has 0 radical (unpaired) electrons. The summed E-state index contributed by atoms with van der Waals surface area (Å²) >= 11 is 0. The largest absolute Gasteiger partial charge is 0.462 e. The zero-order chi connectivity index (χ0) is 50.0. The molecule has 0 aromatic rings. The molecule has 6 nitrogen and oxygen atoms in total. The number of esters is 3. The first-order valence-electron chi connectivity index (χ1n) is 28.5. The molecule has 0 saturated heterocycles. The van der Waals surface area contributed by atoms with E-state index >= 15 is 0 Å². The summed E-state index contributed by atoms with van der Waals surface area (Å²) in [6.45, 7) is 6.43. The average Bonchev–Trinajstić information content (AvgIpc) is 3.35. The predicted octanol–water partition coefficient (Wildman–Crippen LogP) is 19.1. The summed E-state index contributed by atoms with van der Waals surface area (Å²) in [6.07, 6.45) is 76.4. The van der Waals surface area contributed by atoms with Gasteiger partial charge in [-0.3, -0.25) is 14.4 Å². The van der Waals surface area contributed by atoms with E-state index in [1.54, 1.807) is 0 Å². The van der Waals surface area contributed by atoms with E-state index in [4.69, 9.17) is 14.2 Å². The van der Waals surface area contributed by atoms with Crippen molar-refractivity contribution in [1.82, 2.24) is 0 Å². The van der Waals surface area contributed by atoms with Gasteiger partial charge in [0.2, 0.25) is 0 Å². The number of allylic oxidation sites excluding steroid dienone is 18. The van der Waals surface area contributed by atoms with E-state index in [9.17, 15) is 14.4 Å². The molecule has 0 aliphatic carbocycles. The number of hydrogen-bond donors (Lipinski definition) is 0. The van der Waals surface area contributed by atoms with Crippen LogP contribution in [0.25, 0.3) is 0 Å². The van der Waals surface area contributed by atoms with E-state index < -0.39 is 6.10 Å². The van der Waals surface area contributed by atoms with E-state index in [0.717, 1.165) is 77.0 Å². The van der Waals surface area contributed by atoms with Crippen molar-refractivity contribution < 1.29 is 28.6 Å². The van der Waals surface area contributed by atoms with Gasteiger partial charge < -0.3 is 14.2 Å². The Morgan fingerprint density at radius 1 is 0.304 bits per heavy atom. The molecule has 0 spiro atoms. The van der Waals surface area contributed by atoms with Gasteiger partial charge >= 0.3 is 17.9 Å². The fourth-order valence-corrected chi connectivity index (χ4v) is 7.71. The highest BCUT2D eigenvalue weighted by Crippen LogP contribution is 2.16. The van der Waals surface area contributed by atoms with Crippen LogP contribution in [0, 0.1) is 0 Å². The topological polar surface area (TPSA) is 78.9 Å². The maximum atomic E-state index is 12.9. The number of carbonyl (C=O) groups is 3. The zero-order valence-corrected chi connectivity index (χ0v) is 44.8. The second kappa shape index (κ2) is 56.7. The Balaban J connectivity index is 4.50. The molecule has 0 fully saturated rings.